The second-order valence-corrected chi connectivity index (χ2v) is 4.88. The summed E-state index contributed by atoms with van der Waals surface area (Å²) < 4.78 is 31.7. The average molecular weight is 272 g/mol. The molecule has 1 rings (SSSR count). The molecule has 0 aromatic heterocycles. The van der Waals surface area contributed by atoms with Gasteiger partial charge in [0.25, 0.3) is 0 Å². The molecule has 0 aliphatic heterocycles. The summed E-state index contributed by atoms with van der Waals surface area (Å²) in [5, 5.41) is 2.74. The van der Waals surface area contributed by atoms with Crippen LogP contribution in [-0.2, 0) is 21.5 Å². The lowest BCUT2D eigenvalue weighted by atomic mass is 10.1. The quantitative estimate of drug-likeness (QED) is 0.672. The second-order valence-electron chi connectivity index (χ2n) is 3.73. The molecule has 0 aliphatic carbocycles. The number of carbonyl (C=O) groups excluding carboxylic acids is 1. The smallest absolute Gasteiger partial charge is 0.356 e. The number of rotatable bonds is 6. The van der Waals surface area contributed by atoms with Crippen LogP contribution in [0.1, 0.15) is 18.9 Å². The molecule has 100 valence electrons. The van der Waals surface area contributed by atoms with Crippen LogP contribution in [0.15, 0.2) is 24.3 Å². The molecule has 1 amide bonds. The van der Waals surface area contributed by atoms with Gasteiger partial charge in [-0.3, -0.25) is 14.1 Å². The SMILES string of the molecule is CCC(=O)NCCc1ccc(NS(=O)(=O)O)cc1. The third-order valence-electron chi connectivity index (χ3n) is 2.26. The largest absolute Gasteiger partial charge is 0.357 e. The Hall–Kier alpha value is -1.60. The van der Waals surface area contributed by atoms with Crippen LogP contribution in [0.4, 0.5) is 5.69 Å². The molecule has 18 heavy (non-hydrogen) atoms. The van der Waals surface area contributed by atoms with Gasteiger partial charge in [-0.25, -0.2) is 0 Å². The van der Waals surface area contributed by atoms with E-state index in [9.17, 15) is 13.2 Å². The van der Waals surface area contributed by atoms with Gasteiger partial charge < -0.3 is 5.32 Å². The van der Waals surface area contributed by atoms with Gasteiger partial charge in [-0.1, -0.05) is 19.1 Å². The third kappa shape index (κ3) is 5.65. The minimum absolute atomic E-state index is 0.000314. The van der Waals surface area contributed by atoms with Gasteiger partial charge in [-0.05, 0) is 24.1 Å². The summed E-state index contributed by atoms with van der Waals surface area (Å²) in [7, 11) is -4.23. The summed E-state index contributed by atoms with van der Waals surface area (Å²) in [6.07, 6.45) is 1.12. The van der Waals surface area contributed by atoms with Crippen LogP contribution in [0, 0.1) is 0 Å². The molecule has 0 heterocycles. The first-order chi connectivity index (χ1) is 8.40. The topological polar surface area (TPSA) is 95.5 Å². The molecular weight excluding hydrogens is 256 g/mol. The summed E-state index contributed by atoms with van der Waals surface area (Å²) in [5.74, 6) is -0.000314. The molecule has 0 bridgehead atoms. The molecule has 6 nitrogen and oxygen atoms in total. The Morgan fingerprint density at radius 3 is 2.39 bits per heavy atom. The number of benzene rings is 1. The maximum atomic E-state index is 11.0. The summed E-state index contributed by atoms with van der Waals surface area (Å²) in [6, 6.07) is 6.55. The highest BCUT2D eigenvalue weighted by Crippen LogP contribution is 2.10. The molecule has 0 unspecified atom stereocenters. The van der Waals surface area contributed by atoms with Gasteiger partial charge in [0.15, 0.2) is 0 Å². The molecule has 1 aromatic rings. The molecular formula is C11H16N2O4S. The number of nitrogens with one attached hydrogen (secondary N) is 2. The number of carbonyl (C=O) groups is 1. The molecule has 1 aromatic carbocycles. The lowest BCUT2D eigenvalue weighted by Gasteiger charge is -2.06. The van der Waals surface area contributed by atoms with Crippen LogP contribution < -0.4 is 10.0 Å². The predicted octanol–water partition coefficient (Wildman–Crippen LogP) is 0.970. The van der Waals surface area contributed by atoms with E-state index in [2.05, 4.69) is 5.32 Å². The first-order valence-electron chi connectivity index (χ1n) is 5.51. The predicted molar refractivity (Wildman–Crippen MR) is 68.6 cm³/mol. The monoisotopic (exact) mass is 272 g/mol. The van der Waals surface area contributed by atoms with Crippen LogP contribution in [0.5, 0.6) is 0 Å². The first-order valence-corrected chi connectivity index (χ1v) is 6.95. The van der Waals surface area contributed by atoms with Gasteiger partial charge >= 0.3 is 10.3 Å². The van der Waals surface area contributed by atoms with Crippen LogP contribution in [0.3, 0.4) is 0 Å². The van der Waals surface area contributed by atoms with Crippen LogP contribution in [-0.4, -0.2) is 25.4 Å². The highest BCUT2D eigenvalue weighted by molar-refractivity contribution is 7.87. The molecule has 0 saturated carbocycles. The van der Waals surface area contributed by atoms with Crippen LogP contribution >= 0.6 is 0 Å². The van der Waals surface area contributed by atoms with Crippen molar-refractivity contribution in [1.82, 2.24) is 5.32 Å². The molecule has 0 radical (unpaired) electrons. The van der Waals surface area contributed by atoms with E-state index < -0.39 is 10.3 Å². The zero-order valence-electron chi connectivity index (χ0n) is 10.0. The molecule has 7 heteroatoms. The van der Waals surface area contributed by atoms with Crippen molar-refractivity contribution in [3.8, 4) is 0 Å². The highest BCUT2D eigenvalue weighted by Gasteiger charge is 2.03. The summed E-state index contributed by atoms with van der Waals surface area (Å²) in [5.41, 5.74) is 1.26. The van der Waals surface area contributed by atoms with Crippen molar-refractivity contribution in [2.75, 3.05) is 11.3 Å². The summed E-state index contributed by atoms with van der Waals surface area (Å²) in [6.45, 7) is 2.32. The minimum atomic E-state index is -4.23. The third-order valence-corrected chi connectivity index (χ3v) is 2.75. The van der Waals surface area contributed by atoms with E-state index in [1.54, 1.807) is 31.2 Å². The van der Waals surface area contributed by atoms with E-state index in [0.29, 0.717) is 25.1 Å². The van der Waals surface area contributed by atoms with Crippen molar-refractivity contribution in [2.45, 2.75) is 19.8 Å². The van der Waals surface area contributed by atoms with Gasteiger partial charge in [-0.2, -0.15) is 8.42 Å². The van der Waals surface area contributed by atoms with Crippen molar-refractivity contribution >= 4 is 21.9 Å². The maximum Gasteiger partial charge on any atom is 0.357 e. The molecule has 0 fully saturated rings. The Labute approximate surface area is 106 Å². The lowest BCUT2D eigenvalue weighted by Crippen LogP contribution is -2.24. The molecule has 0 saturated heterocycles. The number of anilines is 1. The molecule has 0 aliphatic rings. The van der Waals surface area contributed by atoms with Crippen molar-refractivity contribution in [3.63, 3.8) is 0 Å². The molecule has 3 N–H and O–H groups in total. The second kappa shape index (κ2) is 6.36. The van der Waals surface area contributed by atoms with Gasteiger partial charge in [0.2, 0.25) is 5.91 Å². The van der Waals surface area contributed by atoms with Crippen molar-refractivity contribution in [3.05, 3.63) is 29.8 Å². The maximum absolute atomic E-state index is 11.0. The summed E-state index contributed by atoms with van der Waals surface area (Å²) >= 11 is 0. The number of hydrogen-bond acceptors (Lipinski definition) is 3. The lowest BCUT2D eigenvalue weighted by molar-refractivity contribution is -0.120. The van der Waals surface area contributed by atoms with Gasteiger partial charge in [0.1, 0.15) is 0 Å². The summed E-state index contributed by atoms with van der Waals surface area (Å²) in [4.78, 5) is 11.0. The highest BCUT2D eigenvalue weighted by atomic mass is 32.2. The molecule has 0 atom stereocenters. The van der Waals surface area contributed by atoms with Crippen LogP contribution in [0.2, 0.25) is 0 Å². The normalized spacial score (nSPS) is 11.0. The van der Waals surface area contributed by atoms with E-state index in [0.717, 1.165) is 5.56 Å². The Morgan fingerprint density at radius 1 is 1.28 bits per heavy atom. The Morgan fingerprint density at radius 2 is 1.89 bits per heavy atom. The molecule has 0 spiro atoms. The fourth-order valence-electron chi connectivity index (χ4n) is 1.36. The number of hydrogen-bond donors (Lipinski definition) is 3. The van der Waals surface area contributed by atoms with Gasteiger partial charge in [-0.15, -0.1) is 0 Å². The van der Waals surface area contributed by atoms with E-state index in [1.165, 1.54) is 0 Å². The Balaban J connectivity index is 2.48. The zero-order chi connectivity index (χ0) is 13.6. The zero-order valence-corrected chi connectivity index (χ0v) is 10.8. The standard InChI is InChI=1S/C11H16N2O4S/c1-2-11(14)12-8-7-9-3-5-10(6-4-9)13-18(15,16)17/h3-6,13H,2,7-8H2,1H3,(H,12,14)(H,15,16,17). The van der Waals surface area contributed by atoms with Crippen molar-refractivity contribution in [1.29, 1.82) is 0 Å². The Kier molecular flexibility index (Phi) is 5.11. The van der Waals surface area contributed by atoms with E-state index in [4.69, 9.17) is 4.55 Å². The van der Waals surface area contributed by atoms with Crippen molar-refractivity contribution < 1.29 is 17.8 Å². The van der Waals surface area contributed by atoms with E-state index in [1.807, 2.05) is 4.72 Å². The van der Waals surface area contributed by atoms with Crippen molar-refractivity contribution in [2.24, 2.45) is 0 Å². The average Bonchev–Trinajstić information content (AvgIpc) is 2.29. The van der Waals surface area contributed by atoms with Gasteiger partial charge in [0, 0.05) is 13.0 Å². The van der Waals surface area contributed by atoms with Gasteiger partial charge in [0.05, 0.1) is 5.69 Å². The number of amides is 1. The fourth-order valence-corrected chi connectivity index (χ4v) is 1.79. The first kappa shape index (κ1) is 14.5. The van der Waals surface area contributed by atoms with E-state index >= 15 is 0 Å². The van der Waals surface area contributed by atoms with E-state index in [-0.39, 0.29) is 5.91 Å². The fraction of sp³-hybridized carbons (Fsp3) is 0.364. The van der Waals surface area contributed by atoms with Crippen LogP contribution in [0.25, 0.3) is 0 Å². The minimum Gasteiger partial charge on any atom is -0.356 e. The Bertz CT molecular complexity index is 496.